The smallest absolute Gasteiger partial charge is 0.277 e. The van der Waals surface area contributed by atoms with Gasteiger partial charge in [-0.1, -0.05) is 29.8 Å². The van der Waals surface area contributed by atoms with E-state index in [1.54, 1.807) is 0 Å². The molecule has 1 aromatic rings. The number of hydrazone groups is 1. The molecule has 1 rings (SSSR count). The summed E-state index contributed by atoms with van der Waals surface area (Å²) in [5.41, 5.74) is 4.53. The van der Waals surface area contributed by atoms with Gasteiger partial charge in [-0.3, -0.25) is 4.79 Å². The highest BCUT2D eigenvalue weighted by Crippen LogP contribution is 2.21. The molecule has 5 heteroatoms. The zero-order valence-corrected chi connectivity index (χ0v) is 13.1. The molecular weight excluding hydrogens is 308 g/mol. The Bertz CT molecular complexity index is 467. The fourth-order valence-electron chi connectivity index (χ4n) is 1.44. The molecule has 19 heavy (non-hydrogen) atoms. The minimum atomic E-state index is -0.250. The van der Waals surface area contributed by atoms with E-state index in [1.165, 1.54) is 0 Å². The van der Waals surface area contributed by atoms with E-state index in [2.05, 4.69) is 26.5 Å². The SMILES string of the molecule is CCC(CC)=NNC(=O)COc1ccc(Br)c(C)c1. The first-order valence-electron chi connectivity index (χ1n) is 6.30. The van der Waals surface area contributed by atoms with Crippen LogP contribution < -0.4 is 10.2 Å². The van der Waals surface area contributed by atoms with Crippen LogP contribution in [0.4, 0.5) is 0 Å². The van der Waals surface area contributed by atoms with Gasteiger partial charge >= 0.3 is 0 Å². The van der Waals surface area contributed by atoms with Crippen molar-refractivity contribution in [2.45, 2.75) is 33.6 Å². The summed E-state index contributed by atoms with van der Waals surface area (Å²) in [6, 6.07) is 5.59. The number of ether oxygens (including phenoxy) is 1. The monoisotopic (exact) mass is 326 g/mol. The molecule has 0 bridgehead atoms. The van der Waals surface area contributed by atoms with E-state index in [-0.39, 0.29) is 12.5 Å². The first-order chi connectivity index (χ1) is 9.06. The molecule has 0 spiro atoms. The maximum absolute atomic E-state index is 11.6. The maximum atomic E-state index is 11.6. The fraction of sp³-hybridized carbons (Fsp3) is 0.429. The minimum Gasteiger partial charge on any atom is -0.484 e. The van der Waals surface area contributed by atoms with Crippen molar-refractivity contribution in [2.24, 2.45) is 5.10 Å². The molecule has 104 valence electrons. The van der Waals surface area contributed by atoms with E-state index in [9.17, 15) is 4.79 Å². The molecule has 0 unspecified atom stereocenters. The molecule has 0 fully saturated rings. The standard InChI is InChI=1S/C14H19BrN2O2/c1-4-11(5-2)16-17-14(18)9-19-12-6-7-13(15)10(3)8-12/h6-8H,4-5,9H2,1-3H3,(H,17,18). The van der Waals surface area contributed by atoms with E-state index in [1.807, 2.05) is 39.0 Å². The molecule has 0 aliphatic carbocycles. The van der Waals surface area contributed by atoms with E-state index in [0.717, 1.165) is 28.6 Å². The van der Waals surface area contributed by atoms with Crippen molar-refractivity contribution in [1.29, 1.82) is 0 Å². The molecule has 0 saturated heterocycles. The number of aryl methyl sites for hydroxylation is 1. The predicted octanol–water partition coefficient (Wildman–Crippen LogP) is 3.43. The van der Waals surface area contributed by atoms with Crippen molar-refractivity contribution >= 4 is 27.5 Å². The van der Waals surface area contributed by atoms with Crippen LogP contribution in [0.3, 0.4) is 0 Å². The third kappa shape index (κ3) is 5.42. The number of halogens is 1. The Hall–Kier alpha value is -1.36. The first-order valence-corrected chi connectivity index (χ1v) is 7.09. The highest BCUT2D eigenvalue weighted by atomic mass is 79.9. The van der Waals surface area contributed by atoms with Crippen LogP contribution in [-0.4, -0.2) is 18.2 Å². The second-order valence-electron chi connectivity index (χ2n) is 4.12. The summed E-state index contributed by atoms with van der Waals surface area (Å²) in [4.78, 5) is 11.6. The van der Waals surface area contributed by atoms with Crippen molar-refractivity contribution in [3.8, 4) is 5.75 Å². The summed E-state index contributed by atoms with van der Waals surface area (Å²) in [5, 5.41) is 4.03. The largest absolute Gasteiger partial charge is 0.484 e. The normalized spacial score (nSPS) is 9.89. The van der Waals surface area contributed by atoms with Crippen molar-refractivity contribution in [3.63, 3.8) is 0 Å². The Morgan fingerprint density at radius 2 is 2.05 bits per heavy atom. The van der Waals surface area contributed by atoms with Crippen LogP contribution in [0.25, 0.3) is 0 Å². The molecule has 1 N–H and O–H groups in total. The molecule has 1 aromatic carbocycles. The molecule has 0 aromatic heterocycles. The molecule has 0 aliphatic rings. The summed E-state index contributed by atoms with van der Waals surface area (Å²) in [6.07, 6.45) is 1.67. The highest BCUT2D eigenvalue weighted by molar-refractivity contribution is 9.10. The van der Waals surface area contributed by atoms with Crippen LogP contribution in [0, 0.1) is 6.92 Å². The number of benzene rings is 1. The van der Waals surface area contributed by atoms with E-state index >= 15 is 0 Å². The Morgan fingerprint density at radius 3 is 2.63 bits per heavy atom. The Labute approximate surface area is 122 Å². The van der Waals surface area contributed by atoms with Crippen LogP contribution in [-0.2, 0) is 4.79 Å². The second kappa shape index (κ2) is 7.94. The molecule has 1 amide bonds. The quantitative estimate of drug-likeness (QED) is 0.643. The zero-order chi connectivity index (χ0) is 14.3. The highest BCUT2D eigenvalue weighted by Gasteiger charge is 2.03. The van der Waals surface area contributed by atoms with Crippen LogP contribution in [0.15, 0.2) is 27.8 Å². The number of carbonyl (C=O) groups excluding carboxylic acids is 1. The number of carbonyl (C=O) groups is 1. The molecule has 0 atom stereocenters. The number of nitrogens with zero attached hydrogens (tertiary/aromatic N) is 1. The van der Waals surface area contributed by atoms with Crippen molar-refractivity contribution in [3.05, 3.63) is 28.2 Å². The predicted molar refractivity (Wildman–Crippen MR) is 80.5 cm³/mol. The van der Waals surface area contributed by atoms with Crippen LogP contribution in [0.1, 0.15) is 32.3 Å². The van der Waals surface area contributed by atoms with E-state index in [4.69, 9.17) is 4.74 Å². The van der Waals surface area contributed by atoms with Crippen LogP contribution in [0.5, 0.6) is 5.75 Å². The van der Waals surface area contributed by atoms with Gasteiger partial charge in [-0.15, -0.1) is 0 Å². The molecule has 0 saturated carbocycles. The lowest BCUT2D eigenvalue weighted by atomic mass is 10.2. The van der Waals surface area contributed by atoms with E-state index < -0.39 is 0 Å². The zero-order valence-electron chi connectivity index (χ0n) is 11.5. The molecule has 0 heterocycles. The Balaban J connectivity index is 2.46. The van der Waals surface area contributed by atoms with Gasteiger partial charge in [-0.05, 0) is 43.5 Å². The van der Waals surface area contributed by atoms with Gasteiger partial charge in [0.1, 0.15) is 5.75 Å². The van der Waals surface area contributed by atoms with E-state index in [0.29, 0.717) is 5.75 Å². The van der Waals surface area contributed by atoms with Gasteiger partial charge in [-0.25, -0.2) is 5.43 Å². The summed E-state index contributed by atoms with van der Waals surface area (Å²) >= 11 is 3.41. The van der Waals surface area contributed by atoms with Gasteiger partial charge in [0.15, 0.2) is 6.61 Å². The van der Waals surface area contributed by atoms with Crippen molar-refractivity contribution < 1.29 is 9.53 Å². The van der Waals surface area contributed by atoms with Crippen molar-refractivity contribution in [2.75, 3.05) is 6.61 Å². The van der Waals surface area contributed by atoms with Gasteiger partial charge in [0, 0.05) is 10.2 Å². The topological polar surface area (TPSA) is 50.7 Å². The summed E-state index contributed by atoms with van der Waals surface area (Å²) in [6.45, 7) is 5.95. The Kier molecular flexibility index (Phi) is 6.56. The van der Waals surface area contributed by atoms with Gasteiger partial charge in [0.05, 0.1) is 0 Å². The van der Waals surface area contributed by atoms with Gasteiger partial charge < -0.3 is 4.74 Å². The number of hydrogen-bond donors (Lipinski definition) is 1. The van der Waals surface area contributed by atoms with Gasteiger partial charge in [0.25, 0.3) is 5.91 Å². The lowest BCUT2D eigenvalue weighted by molar-refractivity contribution is -0.123. The third-order valence-corrected chi connectivity index (χ3v) is 3.54. The number of rotatable bonds is 6. The third-order valence-electron chi connectivity index (χ3n) is 2.65. The fourth-order valence-corrected chi connectivity index (χ4v) is 1.68. The number of hydrogen-bond acceptors (Lipinski definition) is 3. The average molecular weight is 327 g/mol. The number of amides is 1. The van der Waals surface area contributed by atoms with Crippen LogP contribution in [0.2, 0.25) is 0 Å². The number of nitrogens with one attached hydrogen (secondary N) is 1. The van der Waals surface area contributed by atoms with Gasteiger partial charge in [0.2, 0.25) is 0 Å². The lowest BCUT2D eigenvalue weighted by Gasteiger charge is -2.07. The van der Waals surface area contributed by atoms with Crippen LogP contribution >= 0.6 is 15.9 Å². The Morgan fingerprint density at radius 1 is 1.37 bits per heavy atom. The summed E-state index contributed by atoms with van der Waals surface area (Å²) in [7, 11) is 0. The average Bonchev–Trinajstić information content (AvgIpc) is 2.41. The lowest BCUT2D eigenvalue weighted by Crippen LogP contribution is -2.25. The molecule has 4 nitrogen and oxygen atoms in total. The van der Waals surface area contributed by atoms with Gasteiger partial charge in [-0.2, -0.15) is 5.10 Å². The first kappa shape index (κ1) is 15.7. The summed E-state index contributed by atoms with van der Waals surface area (Å²) in [5.74, 6) is 0.422. The van der Waals surface area contributed by atoms with Crippen molar-refractivity contribution in [1.82, 2.24) is 5.43 Å². The molecule has 0 radical (unpaired) electrons. The second-order valence-corrected chi connectivity index (χ2v) is 4.97. The maximum Gasteiger partial charge on any atom is 0.277 e. The minimum absolute atomic E-state index is 0.0364. The molecular formula is C14H19BrN2O2. The molecule has 0 aliphatic heterocycles. The summed E-state index contributed by atoms with van der Waals surface area (Å²) < 4.78 is 6.42.